The molecule has 0 aliphatic carbocycles. The molecule has 5 nitrogen and oxygen atoms in total. The van der Waals surface area contributed by atoms with Gasteiger partial charge in [-0.25, -0.2) is 0 Å². The van der Waals surface area contributed by atoms with Crippen molar-refractivity contribution in [3.8, 4) is 0 Å². The Morgan fingerprint density at radius 3 is 2.86 bits per heavy atom. The summed E-state index contributed by atoms with van der Waals surface area (Å²) in [6.07, 6.45) is 4.62. The highest BCUT2D eigenvalue weighted by Gasteiger charge is 2.24. The van der Waals surface area contributed by atoms with Crippen LogP contribution in [0.4, 0.5) is 0 Å². The molecule has 3 rings (SSSR count). The first-order valence-corrected chi connectivity index (χ1v) is 10.1. The second-order valence-electron chi connectivity index (χ2n) is 7.47. The summed E-state index contributed by atoms with van der Waals surface area (Å²) in [6, 6.07) is 14.0. The highest BCUT2D eigenvalue weighted by atomic mass is 16.5. The first-order valence-electron chi connectivity index (χ1n) is 10.1. The van der Waals surface area contributed by atoms with Crippen molar-refractivity contribution < 1.29 is 14.3 Å². The molecule has 1 aromatic carbocycles. The van der Waals surface area contributed by atoms with Crippen LogP contribution in [0.2, 0.25) is 0 Å². The second-order valence-corrected chi connectivity index (χ2v) is 7.47. The fraction of sp³-hybridized carbons (Fsp3) is 0.478. The molecule has 0 spiro atoms. The topological polar surface area (TPSA) is 51.7 Å². The molecule has 0 N–H and O–H groups in total. The minimum absolute atomic E-state index is 0.0250. The first kappa shape index (κ1) is 20.5. The molecule has 1 fully saturated rings. The van der Waals surface area contributed by atoms with Crippen LogP contribution in [0.15, 0.2) is 48.7 Å². The van der Waals surface area contributed by atoms with Crippen molar-refractivity contribution in [1.82, 2.24) is 9.88 Å². The number of pyridine rings is 1. The maximum Gasteiger partial charge on any atom is 0.252 e. The Labute approximate surface area is 167 Å². The monoisotopic (exact) mass is 382 g/mol. The van der Waals surface area contributed by atoms with Crippen LogP contribution in [0.3, 0.4) is 0 Å². The Balaban J connectivity index is 1.66. The van der Waals surface area contributed by atoms with E-state index in [0.29, 0.717) is 19.7 Å². The standard InChI is InChI=1S/C23H30N2O3/c1-18-8-7-9-20(14-18)15-25(16-21-10-3-5-12-24-21)23(26)19(2)28-17-22-11-4-6-13-27-22/h3,5,7-10,12,14,19,22H,4,6,11,13,15-17H2,1-2H3. The van der Waals surface area contributed by atoms with E-state index in [9.17, 15) is 4.79 Å². The molecule has 2 unspecified atom stereocenters. The van der Waals surface area contributed by atoms with E-state index in [2.05, 4.69) is 24.0 Å². The zero-order valence-electron chi connectivity index (χ0n) is 16.8. The molecule has 5 heteroatoms. The molecule has 150 valence electrons. The Hall–Kier alpha value is -2.24. The van der Waals surface area contributed by atoms with E-state index >= 15 is 0 Å². The summed E-state index contributed by atoms with van der Waals surface area (Å²) >= 11 is 0. The van der Waals surface area contributed by atoms with Gasteiger partial charge in [-0.1, -0.05) is 35.9 Å². The third-order valence-electron chi connectivity index (χ3n) is 5.00. The summed E-state index contributed by atoms with van der Waals surface area (Å²) < 4.78 is 11.6. The maximum absolute atomic E-state index is 13.1. The molecular weight excluding hydrogens is 352 g/mol. The van der Waals surface area contributed by atoms with Crippen LogP contribution < -0.4 is 0 Å². The van der Waals surface area contributed by atoms with Gasteiger partial charge < -0.3 is 14.4 Å². The first-order chi connectivity index (χ1) is 13.6. The maximum atomic E-state index is 13.1. The molecule has 0 bridgehead atoms. The average molecular weight is 383 g/mol. The SMILES string of the molecule is Cc1cccc(CN(Cc2ccccn2)C(=O)C(C)OCC2CCCCO2)c1. The van der Waals surface area contributed by atoms with E-state index in [1.165, 1.54) is 5.56 Å². The van der Waals surface area contributed by atoms with Crippen molar-refractivity contribution in [3.05, 3.63) is 65.5 Å². The van der Waals surface area contributed by atoms with E-state index < -0.39 is 6.10 Å². The molecule has 1 amide bonds. The third-order valence-corrected chi connectivity index (χ3v) is 5.00. The lowest BCUT2D eigenvalue weighted by molar-refractivity contribution is -0.147. The quantitative estimate of drug-likeness (QED) is 0.695. The number of aromatic nitrogens is 1. The van der Waals surface area contributed by atoms with Gasteiger partial charge in [0, 0.05) is 19.3 Å². The van der Waals surface area contributed by atoms with Crippen LogP contribution in [-0.2, 0) is 27.4 Å². The van der Waals surface area contributed by atoms with E-state index in [0.717, 1.165) is 37.1 Å². The number of aryl methyl sites for hydroxylation is 1. The fourth-order valence-corrected chi connectivity index (χ4v) is 3.45. The largest absolute Gasteiger partial charge is 0.376 e. The molecule has 1 aliphatic rings. The van der Waals surface area contributed by atoms with Crippen molar-refractivity contribution in [1.29, 1.82) is 0 Å². The van der Waals surface area contributed by atoms with Crippen LogP contribution in [-0.4, -0.2) is 41.2 Å². The Morgan fingerprint density at radius 1 is 1.25 bits per heavy atom. The fourth-order valence-electron chi connectivity index (χ4n) is 3.45. The number of hydrogen-bond acceptors (Lipinski definition) is 4. The van der Waals surface area contributed by atoms with E-state index in [1.54, 1.807) is 6.20 Å². The summed E-state index contributed by atoms with van der Waals surface area (Å²) in [6.45, 7) is 6.13. The molecule has 0 saturated carbocycles. The van der Waals surface area contributed by atoms with Crippen molar-refractivity contribution in [2.24, 2.45) is 0 Å². The van der Waals surface area contributed by atoms with Gasteiger partial charge in [0.1, 0.15) is 6.10 Å². The Morgan fingerprint density at radius 2 is 2.14 bits per heavy atom. The molecule has 2 atom stereocenters. The molecule has 28 heavy (non-hydrogen) atoms. The molecule has 2 heterocycles. The minimum Gasteiger partial charge on any atom is -0.376 e. The van der Waals surface area contributed by atoms with Crippen LogP contribution >= 0.6 is 0 Å². The number of benzene rings is 1. The number of nitrogens with zero attached hydrogens (tertiary/aromatic N) is 2. The van der Waals surface area contributed by atoms with Gasteiger partial charge in [-0.15, -0.1) is 0 Å². The van der Waals surface area contributed by atoms with Gasteiger partial charge in [-0.3, -0.25) is 9.78 Å². The molecular formula is C23H30N2O3. The van der Waals surface area contributed by atoms with Crippen LogP contribution in [0.5, 0.6) is 0 Å². The lowest BCUT2D eigenvalue weighted by Crippen LogP contribution is -2.40. The molecule has 2 aromatic rings. The van der Waals surface area contributed by atoms with E-state index in [-0.39, 0.29) is 12.0 Å². The molecule has 1 aliphatic heterocycles. The van der Waals surface area contributed by atoms with E-state index in [1.807, 2.05) is 42.2 Å². The highest BCUT2D eigenvalue weighted by Crippen LogP contribution is 2.16. The van der Waals surface area contributed by atoms with Gasteiger partial charge in [0.15, 0.2) is 0 Å². The van der Waals surface area contributed by atoms with Gasteiger partial charge in [0.2, 0.25) is 0 Å². The molecule has 1 aromatic heterocycles. The predicted octanol–water partition coefficient (Wildman–Crippen LogP) is 3.89. The number of carbonyl (C=O) groups excluding carboxylic acids is 1. The van der Waals surface area contributed by atoms with Gasteiger partial charge in [-0.05, 0) is 50.8 Å². The summed E-state index contributed by atoms with van der Waals surface area (Å²) in [5, 5.41) is 0. The van der Waals surface area contributed by atoms with E-state index in [4.69, 9.17) is 9.47 Å². The Kier molecular flexibility index (Phi) is 7.57. The predicted molar refractivity (Wildman–Crippen MR) is 109 cm³/mol. The zero-order chi connectivity index (χ0) is 19.8. The number of hydrogen-bond donors (Lipinski definition) is 0. The highest BCUT2D eigenvalue weighted by molar-refractivity contribution is 5.80. The van der Waals surface area contributed by atoms with Crippen LogP contribution in [0, 0.1) is 6.92 Å². The summed E-state index contributed by atoms with van der Waals surface area (Å²) in [5.74, 6) is -0.0250. The Bertz CT molecular complexity index is 745. The normalized spacial score (nSPS) is 17.9. The molecule has 1 saturated heterocycles. The summed E-state index contributed by atoms with van der Waals surface area (Å²) in [4.78, 5) is 19.3. The molecule has 0 radical (unpaired) electrons. The third kappa shape index (κ3) is 6.14. The second kappa shape index (κ2) is 10.3. The van der Waals surface area contributed by atoms with Gasteiger partial charge in [0.05, 0.1) is 24.9 Å². The van der Waals surface area contributed by atoms with Crippen LogP contribution in [0.1, 0.15) is 43.0 Å². The summed E-state index contributed by atoms with van der Waals surface area (Å²) in [7, 11) is 0. The lowest BCUT2D eigenvalue weighted by atomic mass is 10.1. The number of carbonyl (C=O) groups is 1. The van der Waals surface area contributed by atoms with Crippen LogP contribution in [0.25, 0.3) is 0 Å². The van der Waals surface area contributed by atoms with Gasteiger partial charge in [0.25, 0.3) is 5.91 Å². The minimum atomic E-state index is -0.515. The zero-order valence-corrected chi connectivity index (χ0v) is 16.8. The smallest absolute Gasteiger partial charge is 0.252 e. The average Bonchev–Trinajstić information content (AvgIpc) is 2.72. The lowest BCUT2D eigenvalue weighted by Gasteiger charge is -2.28. The van der Waals surface area contributed by atoms with Gasteiger partial charge >= 0.3 is 0 Å². The van der Waals surface area contributed by atoms with Crippen molar-refractivity contribution in [2.75, 3.05) is 13.2 Å². The van der Waals surface area contributed by atoms with Gasteiger partial charge in [-0.2, -0.15) is 0 Å². The summed E-state index contributed by atoms with van der Waals surface area (Å²) in [5.41, 5.74) is 3.15. The van der Waals surface area contributed by atoms with Crippen molar-refractivity contribution in [3.63, 3.8) is 0 Å². The van der Waals surface area contributed by atoms with Crippen molar-refractivity contribution in [2.45, 2.75) is 58.4 Å². The van der Waals surface area contributed by atoms with Crippen molar-refractivity contribution >= 4 is 5.91 Å². The number of amides is 1. The number of ether oxygens (including phenoxy) is 2. The number of rotatable bonds is 8.